The van der Waals surface area contributed by atoms with Gasteiger partial charge in [-0.2, -0.15) is 0 Å². The van der Waals surface area contributed by atoms with Crippen LogP contribution in [0.3, 0.4) is 0 Å². The number of thiophene rings is 6. The zero-order valence-electron chi connectivity index (χ0n) is 61.6. The molecule has 98 heavy (non-hydrogen) atoms. The van der Waals surface area contributed by atoms with Crippen molar-refractivity contribution in [3.05, 3.63) is 103 Å². The molecule has 14 heteroatoms. The van der Waals surface area contributed by atoms with E-state index < -0.39 is 11.1 Å². The lowest BCUT2D eigenvalue weighted by molar-refractivity contribution is -0.124. The Kier molecular flexibility index (Phi) is 28.5. The van der Waals surface area contributed by atoms with Gasteiger partial charge in [0.05, 0.1) is 64.1 Å². The van der Waals surface area contributed by atoms with Gasteiger partial charge >= 0.3 is 0 Å². The molecule has 2 unspecified atom stereocenters. The van der Waals surface area contributed by atoms with E-state index in [1.165, 1.54) is 194 Å². The predicted octanol–water partition coefficient (Wildman–Crippen LogP) is 26.4. The van der Waals surface area contributed by atoms with Crippen molar-refractivity contribution in [1.82, 2.24) is 19.8 Å². The fourth-order valence-corrected chi connectivity index (χ4v) is 21.7. The third-order valence-electron chi connectivity index (χ3n) is 20.6. The molecule has 0 saturated heterocycles. The van der Waals surface area contributed by atoms with Crippen molar-refractivity contribution in [2.75, 3.05) is 13.1 Å². The molecule has 2 aliphatic rings. The number of hydrogen-bond donors (Lipinski definition) is 2. The van der Waals surface area contributed by atoms with E-state index in [9.17, 15) is 0 Å². The van der Waals surface area contributed by atoms with Crippen molar-refractivity contribution >= 4 is 122 Å². The third kappa shape index (κ3) is 18.9. The van der Waals surface area contributed by atoms with Gasteiger partial charge in [-0.1, -0.05) is 208 Å². The highest BCUT2D eigenvalue weighted by atomic mass is 32.1. The molecule has 7 aromatic heterocycles. The van der Waals surface area contributed by atoms with Gasteiger partial charge in [0.1, 0.15) is 0 Å². The SMILES string of the molecule is CCCCCCCCC(CCCCCC)CN1C(=O)C2=C(c3ccc(-c4ccc(C(C)(C)N)s4)s3)N(CC(CCCCCC)CCCCCCCC)C(=O)C2=C1c1ccc(-c2ccc(-c3cc4c5nc(CCCCCC)c(CCCCCC)nc5c5cc(C(C)(C)N)sc5c4s3)s2)s1. The van der Waals surface area contributed by atoms with Crippen LogP contribution in [0.4, 0.5) is 0 Å². The minimum atomic E-state index is -0.496. The van der Waals surface area contributed by atoms with Crippen LogP contribution in [0.15, 0.2) is 71.8 Å². The molecule has 2 atom stereocenters. The van der Waals surface area contributed by atoms with Gasteiger partial charge in [-0.25, -0.2) is 9.97 Å². The van der Waals surface area contributed by atoms with Crippen LogP contribution in [-0.2, 0) is 33.5 Å². The van der Waals surface area contributed by atoms with E-state index in [0.29, 0.717) is 36.1 Å². The maximum absolute atomic E-state index is 16.4. The van der Waals surface area contributed by atoms with Crippen LogP contribution in [0.2, 0.25) is 0 Å². The van der Waals surface area contributed by atoms with Gasteiger partial charge in [0.15, 0.2) is 0 Å². The number of hydrogen-bond acceptors (Lipinski definition) is 12. The first kappa shape index (κ1) is 76.3. The summed E-state index contributed by atoms with van der Waals surface area (Å²) in [7, 11) is 0. The number of carbonyl (C=O) groups excluding carboxylic acids is 2. The minimum absolute atomic E-state index is 0.000145. The molecule has 10 rings (SSSR count). The molecule has 8 nitrogen and oxygen atoms in total. The molecule has 2 amide bonds. The third-order valence-corrected chi connectivity index (χ3v) is 28.6. The second-order valence-corrected chi connectivity index (χ2v) is 36.5. The van der Waals surface area contributed by atoms with Crippen molar-refractivity contribution in [1.29, 1.82) is 0 Å². The monoisotopic (exact) mass is 1430 g/mol. The van der Waals surface area contributed by atoms with Crippen molar-refractivity contribution in [2.45, 2.75) is 299 Å². The average molecular weight is 1440 g/mol. The molecule has 8 aromatic rings. The lowest BCUT2D eigenvalue weighted by atomic mass is 9.93. The minimum Gasteiger partial charge on any atom is -0.321 e. The fourth-order valence-electron chi connectivity index (χ4n) is 14.8. The zero-order valence-corrected chi connectivity index (χ0v) is 66.5. The normalized spacial score (nSPS) is 14.6. The van der Waals surface area contributed by atoms with E-state index >= 15 is 9.59 Å². The number of rotatable bonds is 45. The van der Waals surface area contributed by atoms with E-state index in [1.54, 1.807) is 34.0 Å². The van der Waals surface area contributed by atoms with Gasteiger partial charge < -0.3 is 21.3 Å². The summed E-state index contributed by atoms with van der Waals surface area (Å²) in [5.41, 5.74) is 19.9. The Labute approximate surface area is 614 Å². The first-order valence-corrected chi connectivity index (χ1v) is 43.7. The summed E-state index contributed by atoms with van der Waals surface area (Å²) >= 11 is 10.8. The van der Waals surface area contributed by atoms with Crippen LogP contribution in [-0.4, -0.2) is 44.7 Å². The Morgan fingerprint density at radius 2 is 0.694 bits per heavy atom. The smallest absolute Gasteiger partial charge is 0.261 e. The van der Waals surface area contributed by atoms with Crippen molar-refractivity contribution in [2.24, 2.45) is 23.3 Å². The van der Waals surface area contributed by atoms with Gasteiger partial charge in [-0.05, 0) is 152 Å². The largest absolute Gasteiger partial charge is 0.321 e. The van der Waals surface area contributed by atoms with Crippen molar-refractivity contribution in [3.8, 4) is 29.3 Å². The van der Waals surface area contributed by atoms with Crippen LogP contribution >= 0.6 is 68.0 Å². The zero-order chi connectivity index (χ0) is 69.3. The first-order chi connectivity index (χ1) is 47.5. The second kappa shape index (κ2) is 36.7. The summed E-state index contributed by atoms with van der Waals surface area (Å²) in [5.74, 6) is 0.659. The number of carbonyl (C=O) groups is 2. The number of nitrogens with zero attached hydrogens (tertiary/aromatic N) is 4. The molecule has 2 aliphatic heterocycles. The second-order valence-electron chi connectivity index (χ2n) is 30.1. The molecule has 4 N–H and O–H groups in total. The van der Waals surface area contributed by atoms with Crippen LogP contribution in [0.5, 0.6) is 0 Å². The molecule has 9 heterocycles. The molecule has 0 fully saturated rings. The molecule has 0 spiro atoms. The summed E-state index contributed by atoms with van der Waals surface area (Å²) in [5, 5.41) is 2.35. The first-order valence-electron chi connectivity index (χ1n) is 38.8. The summed E-state index contributed by atoms with van der Waals surface area (Å²) in [6, 6.07) is 22.6. The molecule has 0 bridgehead atoms. The summed E-state index contributed by atoms with van der Waals surface area (Å²) in [6.45, 7) is 23.3. The van der Waals surface area contributed by atoms with E-state index in [1.807, 2.05) is 34.0 Å². The van der Waals surface area contributed by atoms with E-state index in [-0.39, 0.29) is 11.8 Å². The molecular weight excluding hydrogens is 1320 g/mol. The van der Waals surface area contributed by atoms with Crippen molar-refractivity contribution < 1.29 is 9.59 Å². The van der Waals surface area contributed by atoms with Gasteiger partial charge in [-0.3, -0.25) is 9.59 Å². The molecular formula is C84H118N6O2S6. The highest BCUT2D eigenvalue weighted by molar-refractivity contribution is 7.32. The Hall–Kier alpha value is -4.38. The number of fused-ring (bicyclic) bond motifs is 7. The maximum Gasteiger partial charge on any atom is 0.261 e. The highest BCUT2D eigenvalue weighted by Gasteiger charge is 2.50. The molecule has 0 aliphatic carbocycles. The van der Waals surface area contributed by atoms with Crippen LogP contribution in [0.25, 0.3) is 71.9 Å². The standard InChI is InChI=1S/C84H118N6O2S6/c1-11-17-23-29-31-35-41-57(39-33-25-19-13-3)55-89-77(73-74(82(89)92)78(69-50-48-65(95-69)66-51-52-71(96-66)83(7,8)85)90(81(73)91)56-58(40-34-26-20-14-4)42-36-32-30-24-18-12-2)68-49-47-64(94-68)63-45-46-67(93-63)70-53-59-75-76(60-54-72(84(9,10)86)98-80(60)79(59)97-70)88-62(44-38-28-22-16-6)61(87-75)43-37-27-21-15-5/h45-54,57-58H,11-44,55-56,85-86H2,1-10H3. The van der Waals surface area contributed by atoms with Crippen LogP contribution in [0.1, 0.15) is 306 Å². The number of unbranched alkanes of at least 4 members (excludes halogenated alkanes) is 22. The topological polar surface area (TPSA) is 118 Å². The number of benzene rings is 1. The van der Waals surface area contributed by atoms with Crippen LogP contribution in [0, 0.1) is 11.8 Å². The molecule has 1 aromatic carbocycles. The number of aromatic nitrogens is 2. The van der Waals surface area contributed by atoms with Gasteiger partial charge in [-0.15, -0.1) is 68.0 Å². The Balaban J connectivity index is 1.07. The van der Waals surface area contributed by atoms with Gasteiger partial charge in [0.2, 0.25) is 0 Å². The summed E-state index contributed by atoms with van der Waals surface area (Å²) < 4.78 is 2.51. The van der Waals surface area contributed by atoms with E-state index in [0.717, 1.165) is 127 Å². The lowest BCUT2D eigenvalue weighted by Crippen LogP contribution is -2.34. The molecule has 532 valence electrons. The molecule has 0 radical (unpaired) electrons. The maximum atomic E-state index is 16.4. The van der Waals surface area contributed by atoms with Gasteiger partial charge in [0, 0.05) is 74.0 Å². The van der Waals surface area contributed by atoms with Crippen LogP contribution < -0.4 is 11.5 Å². The van der Waals surface area contributed by atoms with Gasteiger partial charge in [0.25, 0.3) is 11.8 Å². The quantitative estimate of drug-likeness (QED) is 0.0367. The van der Waals surface area contributed by atoms with E-state index in [4.69, 9.17) is 21.4 Å². The number of nitrogens with two attached hydrogens (primary N) is 2. The molecule has 0 saturated carbocycles. The Morgan fingerprint density at radius 1 is 0.367 bits per heavy atom. The highest BCUT2D eigenvalue weighted by Crippen LogP contribution is 2.53. The fraction of sp³-hybridized carbons (Fsp3) is 0.595. The van der Waals surface area contributed by atoms with Crippen molar-refractivity contribution in [3.63, 3.8) is 0 Å². The Bertz CT molecular complexity index is 3940. The Morgan fingerprint density at radius 3 is 1.10 bits per heavy atom. The summed E-state index contributed by atoms with van der Waals surface area (Å²) in [4.78, 5) is 59.7. The average Bonchev–Trinajstić information content (AvgIpc) is 1.55. The number of aryl methyl sites for hydroxylation is 2. The van der Waals surface area contributed by atoms with E-state index in [2.05, 4.69) is 140 Å². The predicted molar refractivity (Wildman–Crippen MR) is 432 cm³/mol. The number of amides is 2. The summed E-state index contributed by atoms with van der Waals surface area (Å²) in [6.07, 6.45) is 40.3. The lowest BCUT2D eigenvalue weighted by Gasteiger charge is -2.29.